The largest absolute Gasteiger partial charge is 0.508 e. The van der Waals surface area contributed by atoms with Crippen LogP contribution in [0.4, 0.5) is 0 Å². The van der Waals surface area contributed by atoms with E-state index in [1.807, 2.05) is 13.8 Å². The van der Waals surface area contributed by atoms with Crippen LogP contribution < -0.4 is 5.73 Å². The van der Waals surface area contributed by atoms with E-state index in [0.717, 1.165) is 0 Å². The quantitative estimate of drug-likeness (QED) is 0.681. The maximum atomic E-state index is 10.2. The lowest BCUT2D eigenvalue weighted by molar-refractivity contribution is -0.109. The summed E-state index contributed by atoms with van der Waals surface area (Å²) in [7, 11) is 0. The Morgan fingerprint density at radius 2 is 1.77 bits per heavy atom. The van der Waals surface area contributed by atoms with Gasteiger partial charge in [-0.1, -0.05) is 26.0 Å². The number of hydrogen-bond donors (Lipinski definition) is 2. The van der Waals surface area contributed by atoms with Crippen molar-refractivity contribution in [2.75, 3.05) is 0 Å². The number of nitrogens with two attached hydrogens (primary N) is 1. The highest BCUT2D eigenvalue weighted by Gasteiger charge is 2.01. The molecular weight excluding hydrogens is 166 g/mol. The fraction of sp³-hybridized carbons (Fsp3) is 0.300. The lowest BCUT2D eigenvalue weighted by Crippen LogP contribution is -2.10. The number of rotatable bonds is 2. The molecule has 3 N–H and O–H groups in total. The first-order valence-electron chi connectivity index (χ1n) is 4.24. The summed E-state index contributed by atoms with van der Waals surface area (Å²) in [6.45, 7) is 4.00. The molecule has 0 bridgehead atoms. The Bertz CT molecular complexity index is 244. The molecule has 3 heteroatoms. The van der Waals surface area contributed by atoms with Crippen LogP contribution in [0.15, 0.2) is 24.3 Å². The van der Waals surface area contributed by atoms with E-state index < -0.39 is 6.04 Å². The van der Waals surface area contributed by atoms with Gasteiger partial charge in [0.2, 0.25) is 0 Å². The van der Waals surface area contributed by atoms with E-state index in [4.69, 9.17) is 10.8 Å². The molecule has 0 radical (unpaired) electrons. The number of hydrogen-bond acceptors (Lipinski definition) is 3. The Hall–Kier alpha value is -1.35. The number of carbonyl (C=O) groups excluding carboxylic acids is 1. The molecule has 0 fully saturated rings. The fourth-order valence-corrected chi connectivity index (χ4v) is 0.775. The zero-order valence-electron chi connectivity index (χ0n) is 7.90. The van der Waals surface area contributed by atoms with Gasteiger partial charge < -0.3 is 15.6 Å². The molecule has 1 unspecified atom stereocenters. The number of phenolic OH excluding ortho intramolecular Hbond substituents is 1. The predicted octanol–water partition coefficient (Wildman–Crippen LogP) is 1.62. The summed E-state index contributed by atoms with van der Waals surface area (Å²) in [4.78, 5) is 10.2. The molecule has 0 saturated heterocycles. The van der Waals surface area contributed by atoms with E-state index in [1.54, 1.807) is 12.1 Å². The average molecular weight is 181 g/mol. The van der Waals surface area contributed by atoms with Gasteiger partial charge in [0, 0.05) is 0 Å². The smallest absolute Gasteiger partial charge is 0.141 e. The van der Waals surface area contributed by atoms with Gasteiger partial charge in [-0.15, -0.1) is 0 Å². The van der Waals surface area contributed by atoms with Crippen LogP contribution in [0.1, 0.15) is 25.5 Å². The zero-order valence-corrected chi connectivity index (χ0v) is 7.90. The third kappa shape index (κ3) is 3.71. The maximum absolute atomic E-state index is 10.2. The molecule has 0 heterocycles. The van der Waals surface area contributed by atoms with Gasteiger partial charge in [-0.3, -0.25) is 0 Å². The van der Waals surface area contributed by atoms with Gasteiger partial charge in [-0.05, 0) is 17.7 Å². The predicted molar refractivity (Wildman–Crippen MR) is 52.4 cm³/mol. The highest BCUT2D eigenvalue weighted by atomic mass is 16.3. The molecule has 0 aliphatic carbocycles. The van der Waals surface area contributed by atoms with Crippen LogP contribution >= 0.6 is 0 Å². The molecule has 0 spiro atoms. The van der Waals surface area contributed by atoms with Crippen LogP contribution in [0.3, 0.4) is 0 Å². The lowest BCUT2D eigenvalue weighted by Gasteiger charge is -2.02. The summed E-state index contributed by atoms with van der Waals surface area (Å²) >= 11 is 0. The van der Waals surface area contributed by atoms with E-state index in [-0.39, 0.29) is 5.75 Å². The summed E-state index contributed by atoms with van der Waals surface area (Å²) in [6.07, 6.45) is 0.659. The molecule has 1 atom stereocenters. The first kappa shape index (κ1) is 11.6. The highest BCUT2D eigenvalue weighted by molar-refractivity contribution is 5.61. The second-order valence-corrected chi connectivity index (χ2v) is 2.25. The third-order valence-corrected chi connectivity index (χ3v) is 1.42. The summed E-state index contributed by atoms with van der Waals surface area (Å²) in [5, 5.41) is 8.88. The normalized spacial score (nSPS) is 11.0. The second kappa shape index (κ2) is 6.20. The molecule has 1 aromatic carbocycles. The van der Waals surface area contributed by atoms with E-state index in [1.165, 1.54) is 12.1 Å². The van der Waals surface area contributed by atoms with Gasteiger partial charge in [0.25, 0.3) is 0 Å². The minimum absolute atomic E-state index is 0.173. The van der Waals surface area contributed by atoms with Crippen LogP contribution in [-0.2, 0) is 4.79 Å². The van der Waals surface area contributed by atoms with Gasteiger partial charge in [0.15, 0.2) is 0 Å². The second-order valence-electron chi connectivity index (χ2n) is 2.25. The van der Waals surface area contributed by atoms with E-state index in [0.29, 0.717) is 11.8 Å². The van der Waals surface area contributed by atoms with E-state index >= 15 is 0 Å². The first-order chi connectivity index (χ1) is 6.24. The summed E-state index contributed by atoms with van der Waals surface area (Å²) in [5.74, 6) is 0.173. The number of aromatic hydroxyl groups is 1. The molecule has 1 aromatic rings. The fourth-order valence-electron chi connectivity index (χ4n) is 0.775. The Morgan fingerprint density at radius 1 is 1.31 bits per heavy atom. The molecule has 1 rings (SSSR count). The number of benzene rings is 1. The molecule has 3 nitrogen and oxygen atoms in total. The van der Waals surface area contributed by atoms with Crippen molar-refractivity contribution in [3.05, 3.63) is 29.8 Å². The van der Waals surface area contributed by atoms with Crippen LogP contribution in [0.5, 0.6) is 5.75 Å². The summed E-state index contributed by atoms with van der Waals surface area (Å²) < 4.78 is 0. The van der Waals surface area contributed by atoms with Gasteiger partial charge in [0.05, 0.1) is 6.04 Å². The number of carbonyl (C=O) groups is 1. The van der Waals surface area contributed by atoms with Gasteiger partial charge in [-0.25, -0.2) is 0 Å². The van der Waals surface area contributed by atoms with Gasteiger partial charge in [-0.2, -0.15) is 0 Å². The van der Waals surface area contributed by atoms with Crippen molar-refractivity contribution in [1.29, 1.82) is 0 Å². The molecule has 0 amide bonds. The Kier molecular flexibility index (Phi) is 5.55. The average Bonchev–Trinajstić information content (AvgIpc) is 2.21. The van der Waals surface area contributed by atoms with Crippen LogP contribution in [0.2, 0.25) is 0 Å². The van der Waals surface area contributed by atoms with Crippen LogP contribution in [0.25, 0.3) is 0 Å². The first-order valence-corrected chi connectivity index (χ1v) is 4.24. The zero-order chi connectivity index (χ0) is 10.3. The van der Waals surface area contributed by atoms with E-state index in [2.05, 4.69) is 0 Å². The van der Waals surface area contributed by atoms with E-state index in [9.17, 15) is 4.79 Å². The molecule has 0 aliphatic rings. The monoisotopic (exact) mass is 181 g/mol. The Balaban J connectivity index is 0.000000671. The van der Waals surface area contributed by atoms with Crippen molar-refractivity contribution < 1.29 is 9.90 Å². The standard InChI is InChI=1S/C8H9NO2.C2H6/c9-8(5-10)6-1-3-7(11)4-2-6;1-2/h1-5,8,11H,9H2;1-2H3. The Labute approximate surface area is 78.2 Å². The molecule has 13 heavy (non-hydrogen) atoms. The van der Waals surface area contributed by atoms with Crippen molar-refractivity contribution in [2.24, 2.45) is 5.73 Å². The topological polar surface area (TPSA) is 63.3 Å². The summed E-state index contributed by atoms with van der Waals surface area (Å²) in [5.41, 5.74) is 6.10. The maximum Gasteiger partial charge on any atom is 0.141 e. The minimum atomic E-state index is -0.587. The van der Waals surface area contributed by atoms with Crippen molar-refractivity contribution >= 4 is 6.29 Å². The molecular formula is C10H15NO2. The lowest BCUT2D eigenvalue weighted by atomic mass is 10.1. The van der Waals surface area contributed by atoms with Crippen molar-refractivity contribution in [1.82, 2.24) is 0 Å². The van der Waals surface area contributed by atoms with Gasteiger partial charge in [0.1, 0.15) is 12.0 Å². The van der Waals surface area contributed by atoms with Crippen molar-refractivity contribution in [3.63, 3.8) is 0 Å². The SMILES string of the molecule is CC.NC(C=O)c1ccc(O)cc1. The van der Waals surface area contributed by atoms with Crippen molar-refractivity contribution in [3.8, 4) is 5.75 Å². The molecule has 0 aliphatic heterocycles. The summed E-state index contributed by atoms with van der Waals surface area (Å²) in [6, 6.07) is 5.65. The van der Waals surface area contributed by atoms with Gasteiger partial charge >= 0.3 is 0 Å². The van der Waals surface area contributed by atoms with Crippen molar-refractivity contribution in [2.45, 2.75) is 19.9 Å². The Morgan fingerprint density at radius 3 is 2.15 bits per heavy atom. The van der Waals surface area contributed by atoms with Crippen LogP contribution in [0, 0.1) is 0 Å². The number of phenols is 1. The molecule has 0 aromatic heterocycles. The number of aldehydes is 1. The molecule has 72 valence electrons. The highest BCUT2D eigenvalue weighted by Crippen LogP contribution is 2.13. The minimum Gasteiger partial charge on any atom is -0.508 e. The van der Waals surface area contributed by atoms with Crippen LogP contribution in [-0.4, -0.2) is 11.4 Å². The third-order valence-electron chi connectivity index (χ3n) is 1.42. The molecule has 0 saturated carbocycles.